The number of rotatable bonds is 6. The minimum atomic E-state index is -3.74. The summed E-state index contributed by atoms with van der Waals surface area (Å²) in [7, 11) is -3.74. The molecule has 0 unspecified atom stereocenters. The molecule has 0 aliphatic carbocycles. The van der Waals surface area contributed by atoms with Crippen molar-refractivity contribution in [2.75, 3.05) is 23.7 Å². The number of halogens is 2. The summed E-state index contributed by atoms with van der Waals surface area (Å²) >= 11 is 12.1. The highest BCUT2D eigenvalue weighted by Crippen LogP contribution is 2.32. The van der Waals surface area contributed by atoms with Gasteiger partial charge in [0.15, 0.2) is 0 Å². The van der Waals surface area contributed by atoms with Gasteiger partial charge in [-0.2, -0.15) is 0 Å². The molecule has 0 radical (unpaired) electrons. The monoisotopic (exact) mass is 394 g/mol. The highest BCUT2D eigenvalue weighted by molar-refractivity contribution is 7.92. The number of hydrogen-bond donors (Lipinski definition) is 1. The van der Waals surface area contributed by atoms with Crippen molar-refractivity contribution in [3.05, 3.63) is 28.2 Å². The minimum absolute atomic E-state index is 0.0254. The molecule has 1 aromatic carbocycles. The van der Waals surface area contributed by atoms with E-state index >= 15 is 0 Å². The number of amides is 1. The molecule has 1 amide bonds. The molecule has 2 atom stereocenters. The summed E-state index contributed by atoms with van der Waals surface area (Å²) in [5, 5.41) is 3.26. The Morgan fingerprint density at radius 3 is 2.75 bits per heavy atom. The molecule has 9 heteroatoms. The number of anilines is 1. The van der Waals surface area contributed by atoms with Crippen LogP contribution in [0.1, 0.15) is 19.8 Å². The fourth-order valence-electron chi connectivity index (χ4n) is 2.60. The summed E-state index contributed by atoms with van der Waals surface area (Å²) < 4.78 is 30.9. The van der Waals surface area contributed by atoms with Crippen LogP contribution < -0.4 is 9.62 Å². The number of carbonyl (C=O) groups excluding carboxylic acids is 1. The van der Waals surface area contributed by atoms with E-state index in [1.54, 1.807) is 6.07 Å². The van der Waals surface area contributed by atoms with Crippen LogP contribution in [0.25, 0.3) is 0 Å². The highest BCUT2D eigenvalue weighted by atomic mass is 35.5. The van der Waals surface area contributed by atoms with Gasteiger partial charge in [-0.15, -0.1) is 0 Å². The molecule has 1 aliphatic rings. The van der Waals surface area contributed by atoms with E-state index in [1.807, 2.05) is 0 Å². The van der Waals surface area contributed by atoms with E-state index < -0.39 is 22.0 Å². The summed E-state index contributed by atoms with van der Waals surface area (Å²) in [6.07, 6.45) is 2.84. The van der Waals surface area contributed by atoms with Crippen molar-refractivity contribution in [2.24, 2.45) is 0 Å². The third-order valence-corrected chi connectivity index (χ3v) is 5.54. The van der Waals surface area contributed by atoms with E-state index in [0.717, 1.165) is 23.4 Å². The van der Waals surface area contributed by atoms with Crippen molar-refractivity contribution < 1.29 is 17.9 Å². The van der Waals surface area contributed by atoms with E-state index in [1.165, 1.54) is 19.1 Å². The zero-order valence-electron chi connectivity index (χ0n) is 13.5. The molecule has 0 aromatic heterocycles. The first-order chi connectivity index (χ1) is 11.2. The molecule has 6 nitrogen and oxygen atoms in total. The fraction of sp³-hybridized carbons (Fsp3) is 0.533. The van der Waals surface area contributed by atoms with E-state index in [2.05, 4.69) is 5.32 Å². The van der Waals surface area contributed by atoms with Crippen LogP contribution in [0.2, 0.25) is 10.0 Å². The molecular weight excluding hydrogens is 375 g/mol. The van der Waals surface area contributed by atoms with Gasteiger partial charge in [-0.1, -0.05) is 23.2 Å². The average Bonchev–Trinajstić information content (AvgIpc) is 3.00. The lowest BCUT2D eigenvalue weighted by Crippen LogP contribution is -2.49. The number of hydrogen-bond acceptors (Lipinski definition) is 4. The van der Waals surface area contributed by atoms with Crippen molar-refractivity contribution in [3.8, 4) is 0 Å². The van der Waals surface area contributed by atoms with Crippen LogP contribution in [0, 0.1) is 0 Å². The maximum absolute atomic E-state index is 12.4. The van der Waals surface area contributed by atoms with Crippen LogP contribution in [0.5, 0.6) is 0 Å². The predicted octanol–water partition coefficient (Wildman–Crippen LogP) is 2.44. The number of ether oxygens (including phenoxy) is 1. The lowest BCUT2D eigenvalue weighted by atomic mass is 10.2. The Kier molecular flexibility index (Phi) is 6.36. The van der Waals surface area contributed by atoms with Gasteiger partial charge in [-0.3, -0.25) is 9.10 Å². The summed E-state index contributed by atoms with van der Waals surface area (Å²) in [5.74, 6) is -0.424. The minimum Gasteiger partial charge on any atom is -0.376 e. The van der Waals surface area contributed by atoms with Crippen molar-refractivity contribution in [1.29, 1.82) is 0 Å². The van der Waals surface area contributed by atoms with Crippen LogP contribution in [0.4, 0.5) is 5.69 Å². The van der Waals surface area contributed by atoms with E-state index in [9.17, 15) is 13.2 Å². The first-order valence-electron chi connectivity index (χ1n) is 7.54. The van der Waals surface area contributed by atoms with Crippen molar-refractivity contribution in [1.82, 2.24) is 5.32 Å². The second-order valence-corrected chi connectivity index (χ2v) is 8.41. The Labute approximate surface area is 152 Å². The zero-order chi connectivity index (χ0) is 17.9. The van der Waals surface area contributed by atoms with Crippen LogP contribution in [0.15, 0.2) is 18.2 Å². The van der Waals surface area contributed by atoms with Gasteiger partial charge in [0.05, 0.1) is 23.1 Å². The number of carbonyl (C=O) groups is 1. The Morgan fingerprint density at radius 2 is 2.17 bits per heavy atom. The molecule has 134 valence electrons. The van der Waals surface area contributed by atoms with Gasteiger partial charge in [0.2, 0.25) is 15.9 Å². The molecule has 1 heterocycles. The topological polar surface area (TPSA) is 75.7 Å². The quantitative estimate of drug-likeness (QED) is 0.803. The normalized spacial score (nSPS) is 19.1. The summed E-state index contributed by atoms with van der Waals surface area (Å²) in [6.45, 7) is 2.54. The predicted molar refractivity (Wildman–Crippen MR) is 95.2 cm³/mol. The van der Waals surface area contributed by atoms with E-state index in [4.69, 9.17) is 27.9 Å². The molecule has 1 saturated heterocycles. The van der Waals surface area contributed by atoms with Crippen molar-refractivity contribution >= 4 is 44.8 Å². The standard InChI is InChI=1S/C15H20Cl2N2O4S/c1-10(15(20)18-9-12-4-3-7-23-12)19(24(2,21)22)14-8-11(16)5-6-13(14)17/h5-6,8,10,12H,3-4,7,9H2,1-2H3,(H,18,20)/t10-,12+/m1/s1. The molecule has 0 spiro atoms. The second kappa shape index (κ2) is 7.91. The SMILES string of the molecule is C[C@H](C(=O)NC[C@@H]1CCCO1)N(c1cc(Cl)ccc1Cl)S(C)(=O)=O. The summed E-state index contributed by atoms with van der Waals surface area (Å²) in [5.41, 5.74) is 0.173. The van der Waals surface area contributed by atoms with Crippen molar-refractivity contribution in [3.63, 3.8) is 0 Å². The molecular formula is C15H20Cl2N2O4S. The summed E-state index contributed by atoms with van der Waals surface area (Å²) in [4.78, 5) is 12.4. The van der Waals surface area contributed by atoms with Gasteiger partial charge in [-0.05, 0) is 38.0 Å². The molecule has 0 bridgehead atoms. The largest absolute Gasteiger partial charge is 0.376 e. The van der Waals surface area contributed by atoms with Crippen LogP contribution in [0.3, 0.4) is 0 Å². The molecule has 2 rings (SSSR count). The number of nitrogens with zero attached hydrogens (tertiary/aromatic N) is 1. The zero-order valence-corrected chi connectivity index (χ0v) is 15.8. The smallest absolute Gasteiger partial charge is 0.243 e. The van der Waals surface area contributed by atoms with E-state index in [0.29, 0.717) is 18.2 Å². The number of benzene rings is 1. The molecule has 0 saturated carbocycles. The average molecular weight is 395 g/mol. The first-order valence-corrected chi connectivity index (χ1v) is 10.1. The maximum Gasteiger partial charge on any atom is 0.243 e. The summed E-state index contributed by atoms with van der Waals surface area (Å²) in [6, 6.07) is 3.50. The molecule has 24 heavy (non-hydrogen) atoms. The molecule has 1 aliphatic heterocycles. The lowest BCUT2D eigenvalue weighted by molar-refractivity contribution is -0.122. The van der Waals surface area contributed by atoms with Gasteiger partial charge in [0.1, 0.15) is 6.04 Å². The Hall–Kier alpha value is -1.02. The molecule has 1 fully saturated rings. The van der Waals surface area contributed by atoms with Crippen LogP contribution in [-0.4, -0.2) is 45.9 Å². The van der Waals surface area contributed by atoms with Crippen LogP contribution in [-0.2, 0) is 19.6 Å². The van der Waals surface area contributed by atoms with Crippen LogP contribution >= 0.6 is 23.2 Å². The Bertz CT molecular complexity index is 705. The lowest BCUT2D eigenvalue weighted by Gasteiger charge is -2.29. The van der Waals surface area contributed by atoms with Gasteiger partial charge < -0.3 is 10.1 Å². The van der Waals surface area contributed by atoms with Gasteiger partial charge in [0, 0.05) is 18.2 Å². The third kappa shape index (κ3) is 4.75. The highest BCUT2D eigenvalue weighted by Gasteiger charge is 2.31. The Morgan fingerprint density at radius 1 is 1.46 bits per heavy atom. The van der Waals surface area contributed by atoms with Gasteiger partial charge in [-0.25, -0.2) is 8.42 Å². The fourth-order valence-corrected chi connectivity index (χ4v) is 4.21. The van der Waals surface area contributed by atoms with Gasteiger partial charge in [0.25, 0.3) is 0 Å². The second-order valence-electron chi connectivity index (χ2n) is 5.71. The third-order valence-electron chi connectivity index (χ3n) is 3.76. The van der Waals surface area contributed by atoms with Gasteiger partial charge >= 0.3 is 0 Å². The number of sulfonamides is 1. The molecule has 1 aromatic rings. The maximum atomic E-state index is 12.4. The van der Waals surface area contributed by atoms with E-state index in [-0.39, 0.29) is 16.8 Å². The first kappa shape index (κ1) is 19.3. The molecule has 1 N–H and O–H groups in total. The number of nitrogens with one attached hydrogen (secondary N) is 1. The van der Waals surface area contributed by atoms with Crippen molar-refractivity contribution in [2.45, 2.75) is 31.9 Å². The Balaban J connectivity index is 2.20.